The molecule has 0 spiro atoms. The van der Waals surface area contributed by atoms with Gasteiger partial charge in [0.05, 0.1) is 5.39 Å². The van der Waals surface area contributed by atoms with Crippen LogP contribution >= 0.6 is 0 Å². The number of rotatable bonds is 9. The van der Waals surface area contributed by atoms with Crippen molar-refractivity contribution in [2.75, 3.05) is 32.7 Å². The van der Waals surface area contributed by atoms with Crippen molar-refractivity contribution >= 4 is 16.9 Å². The molecule has 2 aliphatic heterocycles. The van der Waals surface area contributed by atoms with Crippen molar-refractivity contribution in [1.29, 1.82) is 0 Å². The molecule has 0 radical (unpaired) electrons. The molecule has 10 heteroatoms. The number of nitrogens with zero attached hydrogens (tertiary/aromatic N) is 4. The minimum Gasteiger partial charge on any atom is -0.484 e. The summed E-state index contributed by atoms with van der Waals surface area (Å²) in [6.07, 6.45) is 9.54. The number of pyridine rings is 2. The van der Waals surface area contributed by atoms with Crippen molar-refractivity contribution in [3.05, 3.63) is 58.8 Å². The normalized spacial score (nSPS) is 17.3. The number of hydrogen-bond donors (Lipinski definition) is 1. The molecular weight excluding hydrogens is 530 g/mol. The first-order valence-electron chi connectivity index (χ1n) is 14.7. The van der Waals surface area contributed by atoms with Gasteiger partial charge in [-0.3, -0.25) is 9.78 Å². The summed E-state index contributed by atoms with van der Waals surface area (Å²) in [7, 11) is 0. The number of carbonyl (C=O) groups is 1. The van der Waals surface area contributed by atoms with Gasteiger partial charge in [0, 0.05) is 56.9 Å². The fraction of sp³-hybridized carbons (Fsp3) is 0.516. The Morgan fingerprint density at radius 1 is 1.05 bits per heavy atom. The summed E-state index contributed by atoms with van der Waals surface area (Å²) < 4.78 is 38.1. The van der Waals surface area contributed by atoms with Crippen LogP contribution in [0.15, 0.2) is 41.6 Å². The zero-order chi connectivity index (χ0) is 28.9. The van der Waals surface area contributed by atoms with E-state index in [1.54, 1.807) is 23.0 Å². The van der Waals surface area contributed by atoms with Crippen LogP contribution in [0, 0.1) is 17.6 Å². The van der Waals surface area contributed by atoms with E-state index in [1.807, 2.05) is 6.92 Å². The molecule has 3 aromatic rings. The number of unbranched alkanes of at least 4 members (excludes halogenated alkanes) is 1. The molecule has 2 aromatic heterocycles. The third kappa shape index (κ3) is 6.69. The fourth-order valence-electron chi connectivity index (χ4n) is 5.99. The Morgan fingerprint density at radius 2 is 1.76 bits per heavy atom. The van der Waals surface area contributed by atoms with E-state index in [2.05, 4.69) is 9.88 Å². The molecule has 2 fully saturated rings. The van der Waals surface area contributed by atoms with Gasteiger partial charge >= 0.3 is 6.09 Å². The summed E-state index contributed by atoms with van der Waals surface area (Å²) in [6, 6.07) is 4.27. The number of ether oxygens (including phenoxy) is 1. The largest absolute Gasteiger partial charge is 0.484 e. The molecule has 0 saturated carbocycles. The Kier molecular flexibility index (Phi) is 9.17. The maximum absolute atomic E-state index is 15.3. The molecule has 4 heterocycles. The lowest BCUT2D eigenvalue weighted by Gasteiger charge is -2.34. The summed E-state index contributed by atoms with van der Waals surface area (Å²) in [6.45, 7) is 6.27. The van der Waals surface area contributed by atoms with Crippen molar-refractivity contribution in [3.63, 3.8) is 0 Å². The number of hydrogen-bond acceptors (Lipinski definition) is 5. The zero-order valence-corrected chi connectivity index (χ0v) is 23.5. The number of benzene rings is 1. The van der Waals surface area contributed by atoms with E-state index in [-0.39, 0.29) is 17.4 Å². The van der Waals surface area contributed by atoms with Crippen LogP contribution in [-0.2, 0) is 6.54 Å². The Balaban J connectivity index is 1.22. The molecular formula is C31H38F2N4O4. The van der Waals surface area contributed by atoms with Gasteiger partial charge in [-0.25, -0.2) is 13.6 Å². The summed E-state index contributed by atoms with van der Waals surface area (Å²) in [4.78, 5) is 32.0. The molecule has 1 aromatic carbocycles. The number of carboxylic acid groups (broad SMARTS) is 1. The van der Waals surface area contributed by atoms with Crippen molar-refractivity contribution in [2.45, 2.75) is 64.5 Å². The molecule has 0 unspecified atom stereocenters. The molecule has 0 bridgehead atoms. The number of aryl methyl sites for hydroxylation is 1. The highest BCUT2D eigenvalue weighted by Gasteiger charge is 2.26. The van der Waals surface area contributed by atoms with E-state index >= 15 is 8.78 Å². The third-order valence-corrected chi connectivity index (χ3v) is 8.51. The van der Waals surface area contributed by atoms with Crippen LogP contribution in [0.3, 0.4) is 0 Å². The number of amides is 1. The highest BCUT2D eigenvalue weighted by Crippen LogP contribution is 2.33. The van der Waals surface area contributed by atoms with E-state index in [0.717, 1.165) is 51.7 Å². The monoisotopic (exact) mass is 568 g/mol. The topological polar surface area (TPSA) is 87.9 Å². The first kappa shape index (κ1) is 29.0. The summed E-state index contributed by atoms with van der Waals surface area (Å²) >= 11 is 0. The van der Waals surface area contributed by atoms with E-state index in [4.69, 9.17) is 9.84 Å². The number of aromatic nitrogens is 2. The SMILES string of the molecule is CCCCn1cc(-c2cc(F)c(OC3CCN(CCC4CCN(C(=O)O)CC4)CC3)c(F)c2)c2ccncc2c1=O. The molecule has 0 aliphatic carbocycles. The van der Waals surface area contributed by atoms with Gasteiger partial charge in [0.15, 0.2) is 17.4 Å². The average Bonchev–Trinajstić information content (AvgIpc) is 2.98. The van der Waals surface area contributed by atoms with Gasteiger partial charge < -0.3 is 24.2 Å². The van der Waals surface area contributed by atoms with Gasteiger partial charge in [0.1, 0.15) is 6.10 Å². The third-order valence-electron chi connectivity index (χ3n) is 8.51. The van der Waals surface area contributed by atoms with Crippen LogP contribution in [0.25, 0.3) is 21.9 Å². The molecule has 2 saturated heterocycles. The van der Waals surface area contributed by atoms with Crippen molar-refractivity contribution in [3.8, 4) is 16.9 Å². The minimum atomic E-state index is -0.840. The fourth-order valence-corrected chi connectivity index (χ4v) is 5.99. The average molecular weight is 569 g/mol. The second-order valence-electron chi connectivity index (χ2n) is 11.2. The Hall–Kier alpha value is -3.53. The van der Waals surface area contributed by atoms with E-state index in [0.29, 0.717) is 60.3 Å². The molecule has 8 nitrogen and oxygen atoms in total. The van der Waals surface area contributed by atoms with Gasteiger partial charge in [-0.05, 0) is 80.1 Å². The zero-order valence-electron chi connectivity index (χ0n) is 23.5. The lowest BCUT2D eigenvalue weighted by Crippen LogP contribution is -2.41. The number of halogens is 2. The van der Waals surface area contributed by atoms with E-state index in [9.17, 15) is 9.59 Å². The number of likely N-dealkylation sites (tertiary alicyclic amines) is 2. The minimum absolute atomic E-state index is 0.166. The van der Waals surface area contributed by atoms with Crippen LogP contribution in [0.1, 0.15) is 51.9 Å². The highest BCUT2D eigenvalue weighted by molar-refractivity contribution is 5.95. The molecule has 41 heavy (non-hydrogen) atoms. The van der Waals surface area contributed by atoms with Crippen LogP contribution in [-0.4, -0.2) is 69.4 Å². The molecule has 1 N–H and O–H groups in total. The first-order chi connectivity index (χ1) is 19.8. The van der Waals surface area contributed by atoms with Gasteiger partial charge in [0.25, 0.3) is 5.56 Å². The number of piperidine rings is 2. The van der Waals surface area contributed by atoms with E-state index < -0.39 is 17.7 Å². The quantitative estimate of drug-likeness (QED) is 0.353. The maximum atomic E-state index is 15.3. The van der Waals surface area contributed by atoms with Crippen molar-refractivity contribution < 1.29 is 23.4 Å². The second kappa shape index (κ2) is 13.0. The van der Waals surface area contributed by atoms with Crippen LogP contribution in [0.5, 0.6) is 5.75 Å². The van der Waals surface area contributed by atoms with Gasteiger partial charge in [-0.2, -0.15) is 0 Å². The molecule has 5 rings (SSSR count). The Labute approximate surface area is 238 Å². The van der Waals surface area contributed by atoms with Gasteiger partial charge in [-0.1, -0.05) is 13.3 Å². The molecule has 220 valence electrons. The van der Waals surface area contributed by atoms with Crippen LogP contribution in [0.4, 0.5) is 13.6 Å². The summed E-state index contributed by atoms with van der Waals surface area (Å²) in [5, 5.41) is 10.1. The molecule has 2 aliphatic rings. The Morgan fingerprint density at radius 3 is 2.41 bits per heavy atom. The number of fused-ring (bicyclic) bond motifs is 1. The maximum Gasteiger partial charge on any atom is 0.407 e. The van der Waals surface area contributed by atoms with Crippen molar-refractivity contribution in [1.82, 2.24) is 19.4 Å². The highest BCUT2D eigenvalue weighted by atomic mass is 19.1. The summed E-state index contributed by atoms with van der Waals surface area (Å²) in [5.74, 6) is -1.35. The predicted molar refractivity (Wildman–Crippen MR) is 153 cm³/mol. The summed E-state index contributed by atoms with van der Waals surface area (Å²) in [5.41, 5.74) is 0.753. The van der Waals surface area contributed by atoms with Crippen LogP contribution in [0.2, 0.25) is 0 Å². The second-order valence-corrected chi connectivity index (χ2v) is 11.2. The van der Waals surface area contributed by atoms with E-state index in [1.165, 1.54) is 23.2 Å². The molecule has 1 amide bonds. The van der Waals surface area contributed by atoms with Gasteiger partial charge in [-0.15, -0.1) is 0 Å². The molecule has 0 atom stereocenters. The first-order valence-corrected chi connectivity index (χ1v) is 14.7. The van der Waals surface area contributed by atoms with Crippen LogP contribution < -0.4 is 10.3 Å². The predicted octanol–water partition coefficient (Wildman–Crippen LogP) is 5.77. The Bertz CT molecular complexity index is 1410. The van der Waals surface area contributed by atoms with Crippen molar-refractivity contribution in [2.24, 2.45) is 5.92 Å². The van der Waals surface area contributed by atoms with Gasteiger partial charge in [0.2, 0.25) is 0 Å². The lowest BCUT2D eigenvalue weighted by atomic mass is 9.93. The standard InChI is InChI=1S/C31H38F2N4O4/c1-2-3-11-37-20-26(24-4-10-34-19-25(24)30(37)38)22-17-27(32)29(28(33)18-22)41-23-8-13-35(14-9-23)12-5-21-6-15-36(16-7-21)31(39)40/h4,10,17-21,23H,2-3,5-9,11-16H2,1H3,(H,39,40). The smallest absolute Gasteiger partial charge is 0.407 e. The lowest BCUT2D eigenvalue weighted by molar-refractivity contribution is 0.0855.